The standard InChI is InChI=1S/C53H38N2/c1-53(2)47-18-10-9-17-45(47)46-30-28-43(34-48(46)53)54(40-13-5-3-6-14-40)42-27-24-38-32-35(21-23-39(38)33-42)20-22-36-26-31-50-52-44(36)29-25-37-12-11-19-49(51(37)52)55(50)41-15-7-4-8-16-41/h3-34H,1-2H3. The summed E-state index contributed by atoms with van der Waals surface area (Å²) in [5, 5.41) is 7.63. The molecule has 1 aliphatic rings. The van der Waals surface area contributed by atoms with Gasteiger partial charge in [0, 0.05) is 38.9 Å². The van der Waals surface area contributed by atoms with E-state index in [2.05, 4.69) is 217 Å². The van der Waals surface area contributed by atoms with Gasteiger partial charge in [0.05, 0.1) is 11.0 Å². The fraction of sp³-hybridized carbons (Fsp3) is 0.0566. The minimum Gasteiger partial charge on any atom is -0.310 e. The molecule has 0 saturated heterocycles. The van der Waals surface area contributed by atoms with Crippen molar-refractivity contribution in [1.82, 2.24) is 4.57 Å². The summed E-state index contributed by atoms with van der Waals surface area (Å²) < 4.78 is 2.40. The van der Waals surface area contributed by atoms with Crippen molar-refractivity contribution in [2.75, 3.05) is 4.90 Å². The topological polar surface area (TPSA) is 8.17 Å². The van der Waals surface area contributed by atoms with Crippen molar-refractivity contribution in [2.45, 2.75) is 19.3 Å². The summed E-state index contributed by atoms with van der Waals surface area (Å²) in [6.07, 6.45) is 4.53. The highest BCUT2D eigenvalue weighted by molar-refractivity contribution is 6.25. The number of hydrogen-bond acceptors (Lipinski definition) is 1. The van der Waals surface area contributed by atoms with Crippen LogP contribution in [-0.2, 0) is 5.41 Å². The molecule has 0 aliphatic heterocycles. The van der Waals surface area contributed by atoms with Crippen LogP contribution in [0.4, 0.5) is 17.1 Å². The number of aromatic nitrogens is 1. The highest BCUT2D eigenvalue weighted by Gasteiger charge is 2.35. The molecular formula is C53H38N2. The van der Waals surface area contributed by atoms with Crippen molar-refractivity contribution in [3.05, 3.63) is 204 Å². The summed E-state index contributed by atoms with van der Waals surface area (Å²) in [6.45, 7) is 4.70. The van der Waals surface area contributed by atoms with Crippen LogP contribution in [0.3, 0.4) is 0 Å². The first kappa shape index (κ1) is 31.6. The number of para-hydroxylation sites is 2. The fourth-order valence-corrected chi connectivity index (χ4v) is 9.25. The number of benzene rings is 9. The van der Waals surface area contributed by atoms with E-state index in [0.29, 0.717) is 0 Å². The van der Waals surface area contributed by atoms with Gasteiger partial charge in [-0.15, -0.1) is 0 Å². The second-order valence-corrected chi connectivity index (χ2v) is 15.4. The quantitative estimate of drug-likeness (QED) is 0.124. The molecule has 55 heavy (non-hydrogen) atoms. The Balaban J connectivity index is 0.960. The molecule has 0 amide bonds. The molecule has 2 nitrogen and oxygen atoms in total. The Morgan fingerprint density at radius 2 is 1.15 bits per heavy atom. The van der Waals surface area contributed by atoms with Gasteiger partial charge in [0.2, 0.25) is 0 Å². The van der Waals surface area contributed by atoms with Crippen molar-refractivity contribution < 1.29 is 0 Å². The van der Waals surface area contributed by atoms with Crippen LogP contribution in [-0.4, -0.2) is 4.57 Å². The molecule has 0 fully saturated rings. The van der Waals surface area contributed by atoms with Crippen LogP contribution in [0.15, 0.2) is 182 Å². The number of hydrogen-bond donors (Lipinski definition) is 0. The van der Waals surface area contributed by atoms with Gasteiger partial charge in [-0.25, -0.2) is 0 Å². The van der Waals surface area contributed by atoms with Crippen LogP contribution in [0, 0.1) is 0 Å². The molecule has 0 atom stereocenters. The summed E-state index contributed by atoms with van der Waals surface area (Å²) in [4.78, 5) is 2.39. The van der Waals surface area contributed by atoms with E-state index in [1.54, 1.807) is 0 Å². The number of anilines is 3. The highest BCUT2D eigenvalue weighted by Crippen LogP contribution is 2.50. The average molecular weight is 703 g/mol. The summed E-state index contributed by atoms with van der Waals surface area (Å²) in [5.41, 5.74) is 14.9. The van der Waals surface area contributed by atoms with Crippen LogP contribution in [0.1, 0.15) is 36.1 Å². The zero-order chi connectivity index (χ0) is 36.7. The molecule has 0 radical (unpaired) electrons. The highest BCUT2D eigenvalue weighted by atomic mass is 15.1. The van der Waals surface area contributed by atoms with E-state index in [4.69, 9.17) is 0 Å². The van der Waals surface area contributed by atoms with Gasteiger partial charge in [-0.1, -0.05) is 141 Å². The summed E-state index contributed by atoms with van der Waals surface area (Å²) >= 11 is 0. The minimum atomic E-state index is -0.0681. The van der Waals surface area contributed by atoms with Crippen molar-refractivity contribution in [1.29, 1.82) is 0 Å². The van der Waals surface area contributed by atoms with Crippen LogP contribution < -0.4 is 4.90 Å². The number of fused-ring (bicyclic) bond motifs is 4. The van der Waals surface area contributed by atoms with Crippen LogP contribution in [0.5, 0.6) is 0 Å². The first-order valence-electron chi connectivity index (χ1n) is 19.2. The van der Waals surface area contributed by atoms with E-state index < -0.39 is 0 Å². The molecule has 9 aromatic carbocycles. The summed E-state index contributed by atoms with van der Waals surface area (Å²) in [6, 6.07) is 66.7. The predicted octanol–water partition coefficient (Wildman–Crippen LogP) is 14.5. The monoisotopic (exact) mass is 702 g/mol. The van der Waals surface area contributed by atoms with Crippen molar-refractivity contribution in [3.63, 3.8) is 0 Å². The van der Waals surface area contributed by atoms with Gasteiger partial charge in [0.25, 0.3) is 0 Å². The van der Waals surface area contributed by atoms with Gasteiger partial charge >= 0.3 is 0 Å². The van der Waals surface area contributed by atoms with Gasteiger partial charge in [-0.3, -0.25) is 0 Å². The third kappa shape index (κ3) is 4.88. The molecule has 0 unspecified atom stereocenters. The van der Waals surface area contributed by atoms with Gasteiger partial charge in [-0.05, 0) is 122 Å². The van der Waals surface area contributed by atoms with E-state index in [1.807, 2.05) is 0 Å². The maximum Gasteiger partial charge on any atom is 0.0547 e. The van der Waals surface area contributed by atoms with E-state index in [9.17, 15) is 0 Å². The molecule has 1 heterocycles. The molecule has 1 aromatic heterocycles. The van der Waals surface area contributed by atoms with E-state index in [0.717, 1.165) is 11.4 Å². The summed E-state index contributed by atoms with van der Waals surface area (Å²) in [7, 11) is 0. The molecule has 10 aromatic rings. The second-order valence-electron chi connectivity index (χ2n) is 15.4. The Kier molecular flexibility index (Phi) is 6.93. The van der Waals surface area contributed by atoms with Gasteiger partial charge < -0.3 is 9.47 Å². The second kappa shape index (κ2) is 12.1. The molecule has 0 N–H and O–H groups in total. The van der Waals surface area contributed by atoms with Crippen molar-refractivity contribution >= 4 is 72.6 Å². The van der Waals surface area contributed by atoms with E-state index >= 15 is 0 Å². The predicted molar refractivity (Wildman–Crippen MR) is 235 cm³/mol. The van der Waals surface area contributed by atoms with E-state index in [-0.39, 0.29) is 5.41 Å². The largest absolute Gasteiger partial charge is 0.310 e. The molecule has 260 valence electrons. The summed E-state index contributed by atoms with van der Waals surface area (Å²) in [5.74, 6) is 0. The Morgan fingerprint density at radius 3 is 2.02 bits per heavy atom. The normalized spacial score (nSPS) is 13.3. The first-order chi connectivity index (χ1) is 27.0. The number of rotatable bonds is 6. The molecule has 0 spiro atoms. The zero-order valence-corrected chi connectivity index (χ0v) is 30.9. The van der Waals surface area contributed by atoms with Gasteiger partial charge in [0.1, 0.15) is 0 Å². The van der Waals surface area contributed by atoms with Gasteiger partial charge in [0.15, 0.2) is 0 Å². The number of nitrogens with zero attached hydrogens (tertiary/aromatic N) is 2. The molecular weight excluding hydrogens is 665 g/mol. The molecule has 0 saturated carbocycles. The Labute approximate surface area is 321 Å². The smallest absolute Gasteiger partial charge is 0.0547 e. The molecule has 1 aliphatic carbocycles. The third-order valence-electron chi connectivity index (χ3n) is 11.9. The SMILES string of the molecule is CC1(C)c2ccccc2-c2ccc(N(c3ccccc3)c3ccc4cc(C=Cc5ccc6c7c5ccc5cccc(c57)n6-c5ccccc5)ccc4c3)cc21. The third-order valence-corrected chi connectivity index (χ3v) is 11.9. The lowest BCUT2D eigenvalue weighted by molar-refractivity contribution is 0.660. The van der Waals surface area contributed by atoms with Crippen LogP contribution >= 0.6 is 0 Å². The maximum absolute atomic E-state index is 2.40. The molecule has 11 rings (SSSR count). The van der Waals surface area contributed by atoms with Gasteiger partial charge in [-0.2, -0.15) is 0 Å². The lowest BCUT2D eigenvalue weighted by atomic mass is 9.82. The van der Waals surface area contributed by atoms with Crippen molar-refractivity contribution in [3.8, 4) is 16.8 Å². The minimum absolute atomic E-state index is 0.0681. The average Bonchev–Trinajstić information content (AvgIpc) is 3.69. The van der Waals surface area contributed by atoms with Crippen molar-refractivity contribution in [2.24, 2.45) is 0 Å². The molecule has 0 bridgehead atoms. The fourth-order valence-electron chi connectivity index (χ4n) is 9.25. The lowest BCUT2D eigenvalue weighted by Crippen LogP contribution is -2.16. The van der Waals surface area contributed by atoms with Crippen LogP contribution in [0.2, 0.25) is 0 Å². The van der Waals surface area contributed by atoms with Crippen LogP contribution in [0.25, 0.3) is 72.3 Å². The van der Waals surface area contributed by atoms with E-state index in [1.165, 1.54) is 88.1 Å². The lowest BCUT2D eigenvalue weighted by Gasteiger charge is -2.28. The first-order valence-corrected chi connectivity index (χ1v) is 19.2. The maximum atomic E-state index is 2.40. The Morgan fingerprint density at radius 1 is 0.455 bits per heavy atom. The Hall–Kier alpha value is -6.90. The zero-order valence-electron chi connectivity index (χ0n) is 30.9. The molecule has 2 heteroatoms. The Bertz CT molecular complexity index is 3110.